The third kappa shape index (κ3) is 3.86. The lowest BCUT2D eigenvalue weighted by Gasteiger charge is -2.29. The summed E-state index contributed by atoms with van der Waals surface area (Å²) in [5, 5.41) is 3.01. The predicted octanol–water partition coefficient (Wildman–Crippen LogP) is 4.31. The van der Waals surface area contributed by atoms with E-state index in [1.807, 2.05) is 36.4 Å². The summed E-state index contributed by atoms with van der Waals surface area (Å²) in [4.78, 5) is 17.6. The molecule has 4 heteroatoms. The standard InChI is InChI=1S/C23H29N3O/c1-17-15-20(24-23(27)19-8-4-3-5-9-19)10-11-22(17)25-14-12-21(16-25)26-13-6-7-18(26)2/h3-5,8-11,15,18,21H,6-7,12-14,16H2,1-2H3,(H,24,27). The van der Waals surface area contributed by atoms with Crippen LogP contribution < -0.4 is 10.2 Å². The van der Waals surface area contributed by atoms with E-state index < -0.39 is 0 Å². The lowest BCUT2D eigenvalue weighted by atomic mass is 10.1. The summed E-state index contributed by atoms with van der Waals surface area (Å²) in [5.74, 6) is -0.0630. The third-order valence-corrected chi connectivity index (χ3v) is 6.07. The summed E-state index contributed by atoms with van der Waals surface area (Å²) in [6.45, 7) is 7.99. The smallest absolute Gasteiger partial charge is 0.255 e. The Morgan fingerprint density at radius 3 is 2.59 bits per heavy atom. The second-order valence-corrected chi connectivity index (χ2v) is 7.94. The molecule has 2 unspecified atom stereocenters. The van der Waals surface area contributed by atoms with Gasteiger partial charge >= 0.3 is 0 Å². The molecule has 2 aromatic rings. The number of benzene rings is 2. The quantitative estimate of drug-likeness (QED) is 0.879. The zero-order valence-electron chi connectivity index (χ0n) is 16.3. The van der Waals surface area contributed by atoms with Gasteiger partial charge in [0.15, 0.2) is 0 Å². The van der Waals surface area contributed by atoms with Crippen molar-refractivity contribution in [3.05, 3.63) is 59.7 Å². The number of aryl methyl sites for hydroxylation is 1. The van der Waals surface area contributed by atoms with Crippen LogP contribution in [0.3, 0.4) is 0 Å². The molecule has 0 bridgehead atoms. The minimum atomic E-state index is -0.0630. The molecule has 1 N–H and O–H groups in total. The van der Waals surface area contributed by atoms with E-state index in [0.29, 0.717) is 11.6 Å². The fourth-order valence-corrected chi connectivity index (χ4v) is 4.61. The van der Waals surface area contributed by atoms with E-state index in [9.17, 15) is 4.79 Å². The summed E-state index contributed by atoms with van der Waals surface area (Å²) in [6, 6.07) is 17.0. The minimum Gasteiger partial charge on any atom is -0.370 e. The van der Waals surface area contributed by atoms with E-state index in [2.05, 4.69) is 41.1 Å². The summed E-state index contributed by atoms with van der Waals surface area (Å²) in [6.07, 6.45) is 3.92. The maximum Gasteiger partial charge on any atom is 0.255 e. The number of anilines is 2. The van der Waals surface area contributed by atoms with E-state index >= 15 is 0 Å². The first-order valence-electron chi connectivity index (χ1n) is 10.1. The van der Waals surface area contributed by atoms with Gasteiger partial charge in [-0.3, -0.25) is 9.69 Å². The van der Waals surface area contributed by atoms with E-state index in [4.69, 9.17) is 0 Å². The molecule has 2 saturated heterocycles. The van der Waals surface area contributed by atoms with Gasteiger partial charge in [0.05, 0.1) is 0 Å². The van der Waals surface area contributed by atoms with Crippen LogP contribution in [0.1, 0.15) is 42.1 Å². The summed E-state index contributed by atoms with van der Waals surface area (Å²) in [5.41, 5.74) is 4.05. The van der Waals surface area contributed by atoms with Gasteiger partial charge in [0, 0.05) is 42.1 Å². The van der Waals surface area contributed by atoms with Crippen LogP contribution in [0.2, 0.25) is 0 Å². The Morgan fingerprint density at radius 2 is 1.89 bits per heavy atom. The Bertz CT molecular complexity index is 805. The number of rotatable bonds is 4. The number of nitrogens with zero attached hydrogens (tertiary/aromatic N) is 2. The molecule has 1 amide bonds. The molecule has 27 heavy (non-hydrogen) atoms. The summed E-state index contributed by atoms with van der Waals surface area (Å²) < 4.78 is 0. The van der Waals surface area contributed by atoms with Crippen LogP contribution in [0.4, 0.5) is 11.4 Å². The zero-order valence-corrected chi connectivity index (χ0v) is 16.3. The number of hydrogen-bond acceptors (Lipinski definition) is 3. The molecule has 2 heterocycles. The molecule has 0 saturated carbocycles. The number of carbonyl (C=O) groups is 1. The van der Waals surface area contributed by atoms with Crippen LogP contribution in [-0.2, 0) is 0 Å². The lowest BCUT2D eigenvalue weighted by Crippen LogP contribution is -2.39. The van der Waals surface area contributed by atoms with Crippen molar-refractivity contribution >= 4 is 17.3 Å². The van der Waals surface area contributed by atoms with Gasteiger partial charge in [-0.1, -0.05) is 18.2 Å². The number of carbonyl (C=O) groups excluding carboxylic acids is 1. The minimum absolute atomic E-state index is 0.0630. The van der Waals surface area contributed by atoms with Crippen LogP contribution in [0.25, 0.3) is 0 Å². The first-order valence-corrected chi connectivity index (χ1v) is 10.1. The first-order chi connectivity index (χ1) is 13.1. The molecule has 0 aromatic heterocycles. The Kier molecular flexibility index (Phi) is 5.17. The highest BCUT2D eigenvalue weighted by molar-refractivity contribution is 6.04. The second-order valence-electron chi connectivity index (χ2n) is 7.94. The van der Waals surface area contributed by atoms with Crippen LogP contribution in [0.5, 0.6) is 0 Å². The zero-order chi connectivity index (χ0) is 18.8. The third-order valence-electron chi connectivity index (χ3n) is 6.07. The topological polar surface area (TPSA) is 35.6 Å². The van der Waals surface area contributed by atoms with Gasteiger partial charge in [-0.05, 0) is 75.5 Å². The number of hydrogen-bond donors (Lipinski definition) is 1. The summed E-state index contributed by atoms with van der Waals surface area (Å²) >= 11 is 0. The van der Waals surface area contributed by atoms with Gasteiger partial charge in [0.1, 0.15) is 0 Å². The number of amides is 1. The molecule has 0 radical (unpaired) electrons. The van der Waals surface area contributed by atoms with Crippen molar-refractivity contribution in [1.82, 2.24) is 4.90 Å². The van der Waals surface area contributed by atoms with Gasteiger partial charge < -0.3 is 10.2 Å². The molecule has 0 spiro atoms. The molecule has 2 fully saturated rings. The normalized spacial score (nSPS) is 23.0. The monoisotopic (exact) mass is 363 g/mol. The van der Waals surface area contributed by atoms with E-state index in [0.717, 1.165) is 24.8 Å². The average Bonchev–Trinajstić information content (AvgIpc) is 3.31. The molecule has 2 aromatic carbocycles. The first kappa shape index (κ1) is 18.1. The van der Waals surface area contributed by atoms with Crippen LogP contribution >= 0.6 is 0 Å². The number of nitrogens with one attached hydrogen (secondary N) is 1. The van der Waals surface area contributed by atoms with E-state index in [1.54, 1.807) is 0 Å². The van der Waals surface area contributed by atoms with Crippen molar-refractivity contribution in [2.45, 2.75) is 45.2 Å². The molecule has 2 aliphatic heterocycles. The maximum absolute atomic E-state index is 12.4. The van der Waals surface area contributed by atoms with Crippen LogP contribution in [0, 0.1) is 6.92 Å². The van der Waals surface area contributed by atoms with Crippen molar-refractivity contribution in [2.75, 3.05) is 29.9 Å². The second kappa shape index (κ2) is 7.73. The molecular formula is C23H29N3O. The predicted molar refractivity (Wildman–Crippen MR) is 112 cm³/mol. The van der Waals surface area contributed by atoms with Crippen molar-refractivity contribution in [1.29, 1.82) is 0 Å². The maximum atomic E-state index is 12.4. The van der Waals surface area contributed by atoms with Gasteiger partial charge in [-0.15, -0.1) is 0 Å². The Hall–Kier alpha value is -2.33. The molecule has 142 valence electrons. The van der Waals surface area contributed by atoms with Gasteiger partial charge in [-0.25, -0.2) is 0 Å². The van der Waals surface area contributed by atoms with Crippen LogP contribution in [0.15, 0.2) is 48.5 Å². The average molecular weight is 364 g/mol. The van der Waals surface area contributed by atoms with E-state index in [1.165, 1.54) is 37.1 Å². The molecule has 4 nitrogen and oxygen atoms in total. The van der Waals surface area contributed by atoms with Crippen molar-refractivity contribution in [3.63, 3.8) is 0 Å². The molecular weight excluding hydrogens is 334 g/mol. The van der Waals surface area contributed by atoms with Crippen molar-refractivity contribution in [3.8, 4) is 0 Å². The number of likely N-dealkylation sites (tertiary alicyclic amines) is 1. The van der Waals surface area contributed by atoms with E-state index in [-0.39, 0.29) is 5.91 Å². The largest absolute Gasteiger partial charge is 0.370 e. The van der Waals surface area contributed by atoms with Crippen molar-refractivity contribution < 1.29 is 4.79 Å². The fraction of sp³-hybridized carbons (Fsp3) is 0.435. The van der Waals surface area contributed by atoms with Crippen LogP contribution in [-0.4, -0.2) is 42.5 Å². The highest BCUT2D eigenvalue weighted by atomic mass is 16.1. The van der Waals surface area contributed by atoms with Gasteiger partial charge in [0.25, 0.3) is 5.91 Å². The van der Waals surface area contributed by atoms with Gasteiger partial charge in [0.2, 0.25) is 0 Å². The molecule has 0 aliphatic carbocycles. The fourth-order valence-electron chi connectivity index (χ4n) is 4.61. The highest BCUT2D eigenvalue weighted by Crippen LogP contribution is 2.31. The lowest BCUT2D eigenvalue weighted by molar-refractivity contribution is 0.102. The Labute approximate surface area is 162 Å². The van der Waals surface area contributed by atoms with Crippen molar-refractivity contribution in [2.24, 2.45) is 0 Å². The Morgan fingerprint density at radius 1 is 1.07 bits per heavy atom. The molecule has 2 atom stereocenters. The molecule has 2 aliphatic rings. The SMILES string of the molecule is Cc1cc(NC(=O)c2ccccc2)ccc1N1CCC(N2CCCC2C)C1. The van der Waals surface area contributed by atoms with Gasteiger partial charge in [-0.2, -0.15) is 0 Å². The Balaban J connectivity index is 1.42. The summed E-state index contributed by atoms with van der Waals surface area (Å²) in [7, 11) is 0. The highest BCUT2D eigenvalue weighted by Gasteiger charge is 2.33. The molecule has 4 rings (SSSR count).